The molecule has 1 aromatic rings. The van der Waals surface area contributed by atoms with E-state index in [1.165, 1.54) is 10.4 Å². The summed E-state index contributed by atoms with van der Waals surface area (Å²) in [6.07, 6.45) is 0.997. The molecule has 0 unspecified atom stereocenters. The van der Waals surface area contributed by atoms with Gasteiger partial charge in [0, 0.05) is 44.1 Å². The minimum absolute atomic E-state index is 0.0759. The van der Waals surface area contributed by atoms with Gasteiger partial charge in [-0.15, -0.1) is 11.3 Å². The van der Waals surface area contributed by atoms with Gasteiger partial charge in [0.05, 0.1) is 4.88 Å². The largest absolute Gasteiger partial charge is 0.350 e. The van der Waals surface area contributed by atoms with Crippen molar-refractivity contribution in [1.29, 1.82) is 0 Å². The minimum Gasteiger partial charge on any atom is -0.350 e. The number of piperazine rings is 1. The van der Waals surface area contributed by atoms with Crippen LogP contribution in [-0.2, 0) is 6.42 Å². The van der Waals surface area contributed by atoms with Crippen LogP contribution in [0.25, 0.3) is 0 Å². The first kappa shape index (κ1) is 15.5. The average molecular weight is 295 g/mol. The maximum atomic E-state index is 12.1. The van der Waals surface area contributed by atoms with E-state index in [2.05, 4.69) is 36.0 Å². The monoisotopic (exact) mass is 295 g/mol. The number of aryl methyl sites for hydroxylation is 2. The predicted octanol–water partition coefficient (Wildman–Crippen LogP) is 1.60. The zero-order valence-corrected chi connectivity index (χ0v) is 13.6. The van der Waals surface area contributed by atoms with Gasteiger partial charge in [0.2, 0.25) is 0 Å². The summed E-state index contributed by atoms with van der Waals surface area (Å²) in [5.41, 5.74) is 1.29. The molecule has 0 spiro atoms. The second-order valence-corrected chi connectivity index (χ2v) is 6.70. The summed E-state index contributed by atoms with van der Waals surface area (Å²) < 4.78 is 0. The number of nitrogens with zero attached hydrogens (tertiary/aromatic N) is 2. The van der Waals surface area contributed by atoms with Gasteiger partial charge in [0.1, 0.15) is 0 Å². The van der Waals surface area contributed by atoms with Crippen LogP contribution in [0.5, 0.6) is 0 Å². The highest BCUT2D eigenvalue weighted by atomic mass is 32.1. The molecule has 1 fully saturated rings. The van der Waals surface area contributed by atoms with Crippen molar-refractivity contribution in [3.05, 3.63) is 21.4 Å². The number of carbonyl (C=O) groups is 1. The normalized spacial score (nSPS) is 17.4. The number of nitrogens with one attached hydrogen (secondary N) is 1. The lowest BCUT2D eigenvalue weighted by molar-refractivity contribution is 0.0945. The third kappa shape index (κ3) is 4.04. The van der Waals surface area contributed by atoms with Crippen molar-refractivity contribution >= 4 is 17.2 Å². The van der Waals surface area contributed by atoms with Crippen LogP contribution >= 0.6 is 11.3 Å². The van der Waals surface area contributed by atoms with Crippen molar-refractivity contribution in [2.75, 3.05) is 46.3 Å². The van der Waals surface area contributed by atoms with Crippen LogP contribution in [0.2, 0.25) is 0 Å². The first-order valence-corrected chi connectivity index (χ1v) is 8.20. The first-order valence-electron chi connectivity index (χ1n) is 7.38. The van der Waals surface area contributed by atoms with Gasteiger partial charge in [-0.1, -0.05) is 6.92 Å². The van der Waals surface area contributed by atoms with Gasteiger partial charge in [-0.3, -0.25) is 9.69 Å². The molecular formula is C15H25N3OS. The number of carbonyl (C=O) groups excluding carboxylic acids is 1. The molecule has 1 N–H and O–H groups in total. The molecule has 1 aliphatic rings. The van der Waals surface area contributed by atoms with Crippen LogP contribution in [0, 0.1) is 6.92 Å². The van der Waals surface area contributed by atoms with Gasteiger partial charge in [-0.25, -0.2) is 0 Å². The zero-order chi connectivity index (χ0) is 14.5. The van der Waals surface area contributed by atoms with E-state index >= 15 is 0 Å². The van der Waals surface area contributed by atoms with E-state index in [1.807, 2.05) is 6.07 Å². The number of thiophene rings is 1. The number of likely N-dealkylation sites (N-methyl/N-ethyl adjacent to an activating group) is 1. The van der Waals surface area contributed by atoms with Crippen LogP contribution in [0.4, 0.5) is 0 Å². The van der Waals surface area contributed by atoms with E-state index in [9.17, 15) is 4.79 Å². The Morgan fingerprint density at radius 2 is 2.05 bits per heavy atom. The molecule has 20 heavy (non-hydrogen) atoms. The quantitative estimate of drug-likeness (QED) is 0.896. The van der Waals surface area contributed by atoms with Crippen LogP contribution in [-0.4, -0.2) is 62.0 Å². The van der Waals surface area contributed by atoms with Crippen molar-refractivity contribution in [1.82, 2.24) is 15.1 Å². The number of hydrogen-bond acceptors (Lipinski definition) is 4. The van der Waals surface area contributed by atoms with E-state index in [0.717, 1.165) is 50.6 Å². The molecule has 0 bridgehead atoms. The molecule has 2 heterocycles. The van der Waals surface area contributed by atoms with Gasteiger partial charge in [-0.2, -0.15) is 0 Å². The van der Waals surface area contributed by atoms with Crippen molar-refractivity contribution in [3.8, 4) is 0 Å². The second kappa shape index (κ2) is 7.20. The molecule has 0 atom stereocenters. The molecule has 0 saturated carbocycles. The Hall–Kier alpha value is -0.910. The van der Waals surface area contributed by atoms with Gasteiger partial charge < -0.3 is 10.2 Å². The second-order valence-electron chi connectivity index (χ2n) is 5.45. The molecule has 2 rings (SSSR count). The fraction of sp³-hybridized carbons (Fsp3) is 0.667. The first-order chi connectivity index (χ1) is 9.60. The molecule has 1 amide bonds. The third-order valence-corrected chi connectivity index (χ3v) is 5.03. The van der Waals surface area contributed by atoms with E-state index in [1.54, 1.807) is 11.3 Å². The Labute approximate surface area is 125 Å². The standard InChI is InChI=1S/C15H25N3OS/c1-4-13-11-14(20-12(13)2)15(19)16-5-6-18-9-7-17(3)8-10-18/h11H,4-10H2,1-3H3,(H,16,19). The number of amides is 1. The topological polar surface area (TPSA) is 35.6 Å². The Bertz CT molecular complexity index is 450. The summed E-state index contributed by atoms with van der Waals surface area (Å²) in [6, 6.07) is 2.03. The van der Waals surface area contributed by atoms with E-state index in [4.69, 9.17) is 0 Å². The zero-order valence-electron chi connectivity index (χ0n) is 12.7. The molecular weight excluding hydrogens is 270 g/mol. The Kier molecular flexibility index (Phi) is 5.57. The highest BCUT2D eigenvalue weighted by Crippen LogP contribution is 2.21. The smallest absolute Gasteiger partial charge is 0.261 e. The lowest BCUT2D eigenvalue weighted by Gasteiger charge is -2.32. The maximum absolute atomic E-state index is 12.1. The van der Waals surface area contributed by atoms with E-state index in [-0.39, 0.29) is 5.91 Å². The SMILES string of the molecule is CCc1cc(C(=O)NCCN2CCN(C)CC2)sc1C. The third-order valence-electron chi connectivity index (χ3n) is 3.93. The summed E-state index contributed by atoms with van der Waals surface area (Å²) in [5, 5.41) is 3.04. The van der Waals surface area contributed by atoms with Crippen LogP contribution < -0.4 is 5.32 Å². The van der Waals surface area contributed by atoms with E-state index in [0.29, 0.717) is 0 Å². The molecule has 5 heteroatoms. The summed E-state index contributed by atoms with van der Waals surface area (Å²) in [4.78, 5) is 19.0. The highest BCUT2D eigenvalue weighted by Gasteiger charge is 2.14. The summed E-state index contributed by atoms with van der Waals surface area (Å²) in [6.45, 7) is 10.4. The molecule has 112 valence electrons. The van der Waals surface area contributed by atoms with Crippen molar-refractivity contribution < 1.29 is 4.79 Å². The lowest BCUT2D eigenvalue weighted by atomic mass is 10.2. The molecule has 4 nitrogen and oxygen atoms in total. The summed E-state index contributed by atoms with van der Waals surface area (Å²) >= 11 is 1.60. The average Bonchev–Trinajstić information content (AvgIpc) is 2.82. The van der Waals surface area contributed by atoms with Gasteiger partial charge in [0.25, 0.3) is 5.91 Å². The maximum Gasteiger partial charge on any atom is 0.261 e. The fourth-order valence-corrected chi connectivity index (χ4v) is 3.50. The molecule has 0 aliphatic carbocycles. The van der Waals surface area contributed by atoms with Gasteiger partial charge in [0.15, 0.2) is 0 Å². The van der Waals surface area contributed by atoms with Crippen LogP contribution in [0.1, 0.15) is 27.0 Å². The Balaban J connectivity index is 1.74. The number of hydrogen-bond donors (Lipinski definition) is 1. The minimum atomic E-state index is 0.0759. The summed E-state index contributed by atoms with van der Waals surface area (Å²) in [7, 11) is 2.16. The van der Waals surface area contributed by atoms with Gasteiger partial charge in [-0.05, 0) is 32.0 Å². The lowest BCUT2D eigenvalue weighted by Crippen LogP contribution is -2.46. The molecule has 1 aromatic heterocycles. The van der Waals surface area contributed by atoms with Gasteiger partial charge >= 0.3 is 0 Å². The van der Waals surface area contributed by atoms with Crippen molar-refractivity contribution in [2.45, 2.75) is 20.3 Å². The Morgan fingerprint density at radius 3 is 2.65 bits per heavy atom. The van der Waals surface area contributed by atoms with Crippen molar-refractivity contribution in [3.63, 3.8) is 0 Å². The summed E-state index contributed by atoms with van der Waals surface area (Å²) in [5.74, 6) is 0.0759. The van der Waals surface area contributed by atoms with E-state index < -0.39 is 0 Å². The number of rotatable bonds is 5. The molecule has 0 aromatic carbocycles. The molecule has 1 saturated heterocycles. The Morgan fingerprint density at radius 1 is 1.35 bits per heavy atom. The molecule has 0 radical (unpaired) electrons. The van der Waals surface area contributed by atoms with Crippen molar-refractivity contribution in [2.24, 2.45) is 0 Å². The fourth-order valence-electron chi connectivity index (χ4n) is 2.47. The predicted molar refractivity (Wildman–Crippen MR) is 84.7 cm³/mol. The molecule has 1 aliphatic heterocycles. The highest BCUT2D eigenvalue weighted by molar-refractivity contribution is 7.14. The van der Waals surface area contributed by atoms with Crippen LogP contribution in [0.15, 0.2) is 6.07 Å². The van der Waals surface area contributed by atoms with Crippen LogP contribution in [0.3, 0.4) is 0 Å².